The average molecular weight is 365 g/mol. The largest absolute Gasteiger partial charge is 0.494 e. The molecule has 3 rings (SSSR count). The summed E-state index contributed by atoms with van der Waals surface area (Å²) in [5.41, 5.74) is 3.14. The molecule has 1 aliphatic heterocycles. The van der Waals surface area contributed by atoms with E-state index in [9.17, 15) is 0 Å². The molecule has 1 aliphatic rings. The summed E-state index contributed by atoms with van der Waals surface area (Å²) >= 11 is 0. The van der Waals surface area contributed by atoms with Crippen LogP contribution in [0.15, 0.2) is 48.5 Å². The predicted molar refractivity (Wildman–Crippen MR) is 106 cm³/mol. The summed E-state index contributed by atoms with van der Waals surface area (Å²) in [5.74, 6) is 0.890. The van der Waals surface area contributed by atoms with Crippen molar-refractivity contribution in [3.8, 4) is 22.9 Å². The number of nitrogens with zero attached hydrogens (tertiary/aromatic N) is 1. The number of ether oxygens (including phenoxy) is 3. The van der Waals surface area contributed by atoms with E-state index in [0.29, 0.717) is 5.56 Å². The maximum atomic E-state index is 8.87. The lowest BCUT2D eigenvalue weighted by molar-refractivity contribution is -0.137. The first-order valence-corrected chi connectivity index (χ1v) is 9.57. The fourth-order valence-corrected chi connectivity index (χ4v) is 3.01. The van der Waals surface area contributed by atoms with E-state index < -0.39 is 0 Å². The normalized spacial score (nSPS) is 15.0. The van der Waals surface area contributed by atoms with Gasteiger partial charge < -0.3 is 14.2 Å². The van der Waals surface area contributed by atoms with Crippen molar-refractivity contribution in [2.45, 2.75) is 26.2 Å². The van der Waals surface area contributed by atoms with Crippen molar-refractivity contribution >= 4 is 0 Å². The van der Waals surface area contributed by atoms with Crippen molar-refractivity contribution in [2.75, 3.05) is 33.0 Å². The predicted octanol–water partition coefficient (Wildman–Crippen LogP) is 4.83. The Hall–Kier alpha value is -2.35. The molecule has 0 atom stereocenters. The van der Waals surface area contributed by atoms with Gasteiger partial charge in [0.15, 0.2) is 0 Å². The van der Waals surface area contributed by atoms with Gasteiger partial charge in [-0.2, -0.15) is 5.26 Å². The van der Waals surface area contributed by atoms with Gasteiger partial charge in [0.05, 0.1) is 38.1 Å². The van der Waals surface area contributed by atoms with Gasteiger partial charge in [0.25, 0.3) is 0 Å². The van der Waals surface area contributed by atoms with Gasteiger partial charge in [-0.15, -0.1) is 0 Å². The van der Waals surface area contributed by atoms with Crippen molar-refractivity contribution in [1.29, 1.82) is 5.26 Å². The van der Waals surface area contributed by atoms with Crippen LogP contribution in [0.5, 0.6) is 5.75 Å². The molecule has 4 heteroatoms. The molecule has 0 amide bonds. The molecule has 0 bridgehead atoms. The van der Waals surface area contributed by atoms with Gasteiger partial charge in [-0.1, -0.05) is 31.2 Å². The standard InChI is InChI=1S/C23H27NO3/c1-23(17-26-18-23)16-25-13-3-2-4-14-27-22-11-9-21(10-12-22)20-7-5-19(15-24)6-8-20/h5-12H,2-4,13-14,16-18H2,1H3. The van der Waals surface area contributed by atoms with E-state index in [0.717, 1.165) is 69.2 Å². The number of nitriles is 1. The Morgan fingerprint density at radius 3 is 2.15 bits per heavy atom. The van der Waals surface area contributed by atoms with Gasteiger partial charge in [-0.05, 0) is 54.7 Å². The molecule has 1 saturated heterocycles. The van der Waals surface area contributed by atoms with Gasteiger partial charge in [0, 0.05) is 12.0 Å². The summed E-state index contributed by atoms with van der Waals surface area (Å²) < 4.78 is 16.8. The van der Waals surface area contributed by atoms with Crippen LogP contribution in [0.3, 0.4) is 0 Å². The minimum Gasteiger partial charge on any atom is -0.494 e. The molecular weight excluding hydrogens is 338 g/mol. The second kappa shape index (κ2) is 9.55. The van der Waals surface area contributed by atoms with Crippen molar-refractivity contribution in [1.82, 2.24) is 0 Å². The fraction of sp³-hybridized carbons (Fsp3) is 0.435. The molecule has 4 nitrogen and oxygen atoms in total. The molecular formula is C23H27NO3. The highest BCUT2D eigenvalue weighted by Gasteiger charge is 2.33. The molecule has 142 valence electrons. The molecule has 1 heterocycles. The summed E-state index contributed by atoms with van der Waals surface area (Å²) in [6.45, 7) is 6.19. The molecule has 0 saturated carbocycles. The molecule has 2 aromatic rings. The smallest absolute Gasteiger partial charge is 0.119 e. The lowest BCUT2D eigenvalue weighted by Gasteiger charge is -2.37. The molecule has 1 fully saturated rings. The van der Waals surface area contributed by atoms with E-state index in [1.165, 1.54) is 0 Å². The van der Waals surface area contributed by atoms with Gasteiger partial charge in [0.2, 0.25) is 0 Å². The summed E-state index contributed by atoms with van der Waals surface area (Å²) in [6, 6.07) is 17.8. The third-order valence-corrected chi connectivity index (χ3v) is 4.75. The molecule has 0 aromatic heterocycles. The van der Waals surface area contributed by atoms with Crippen LogP contribution < -0.4 is 4.74 Å². The molecule has 2 aromatic carbocycles. The van der Waals surface area contributed by atoms with E-state index in [4.69, 9.17) is 19.5 Å². The van der Waals surface area contributed by atoms with Crippen LogP contribution in [-0.2, 0) is 9.47 Å². The van der Waals surface area contributed by atoms with Crippen molar-refractivity contribution in [3.63, 3.8) is 0 Å². The zero-order chi connectivity index (χ0) is 19.0. The maximum Gasteiger partial charge on any atom is 0.119 e. The number of unbranched alkanes of at least 4 members (excludes halogenated alkanes) is 2. The highest BCUT2D eigenvalue weighted by atomic mass is 16.5. The van der Waals surface area contributed by atoms with E-state index in [-0.39, 0.29) is 5.41 Å². The molecule has 0 radical (unpaired) electrons. The van der Waals surface area contributed by atoms with Crippen molar-refractivity contribution in [2.24, 2.45) is 5.41 Å². The van der Waals surface area contributed by atoms with E-state index in [1.807, 2.05) is 36.4 Å². The van der Waals surface area contributed by atoms with Gasteiger partial charge in [-0.25, -0.2) is 0 Å². The van der Waals surface area contributed by atoms with Crippen molar-refractivity contribution in [3.05, 3.63) is 54.1 Å². The average Bonchev–Trinajstić information content (AvgIpc) is 2.69. The molecule has 0 aliphatic carbocycles. The van der Waals surface area contributed by atoms with E-state index >= 15 is 0 Å². The number of hydrogen-bond donors (Lipinski definition) is 0. The van der Waals surface area contributed by atoms with Crippen molar-refractivity contribution < 1.29 is 14.2 Å². The number of hydrogen-bond acceptors (Lipinski definition) is 4. The lowest BCUT2D eigenvalue weighted by Crippen LogP contribution is -2.43. The quantitative estimate of drug-likeness (QED) is 0.566. The zero-order valence-electron chi connectivity index (χ0n) is 15.9. The van der Waals surface area contributed by atoms with Crippen LogP contribution in [-0.4, -0.2) is 33.0 Å². The molecule has 0 unspecified atom stereocenters. The maximum absolute atomic E-state index is 8.87. The second-order valence-electron chi connectivity index (χ2n) is 7.48. The van der Waals surface area contributed by atoms with Gasteiger partial charge >= 0.3 is 0 Å². The van der Waals surface area contributed by atoms with Crippen LogP contribution in [0, 0.1) is 16.7 Å². The topological polar surface area (TPSA) is 51.5 Å². The van der Waals surface area contributed by atoms with E-state index in [2.05, 4.69) is 25.1 Å². The summed E-state index contributed by atoms with van der Waals surface area (Å²) in [7, 11) is 0. The monoisotopic (exact) mass is 365 g/mol. The first kappa shape index (κ1) is 19.4. The molecule has 0 spiro atoms. The lowest BCUT2D eigenvalue weighted by atomic mass is 9.90. The van der Waals surface area contributed by atoms with Crippen LogP contribution in [0.1, 0.15) is 31.7 Å². The Morgan fingerprint density at radius 1 is 0.926 bits per heavy atom. The SMILES string of the molecule is CC1(COCCCCCOc2ccc(-c3ccc(C#N)cc3)cc2)COC1. The number of rotatable bonds is 10. The summed E-state index contributed by atoms with van der Waals surface area (Å²) in [5, 5.41) is 8.87. The fourth-order valence-electron chi connectivity index (χ4n) is 3.01. The summed E-state index contributed by atoms with van der Waals surface area (Å²) in [6.07, 6.45) is 3.20. The van der Waals surface area contributed by atoms with Crippen LogP contribution in [0.2, 0.25) is 0 Å². The third kappa shape index (κ3) is 5.82. The third-order valence-electron chi connectivity index (χ3n) is 4.75. The Morgan fingerprint density at radius 2 is 1.56 bits per heavy atom. The first-order chi connectivity index (χ1) is 13.2. The Kier molecular flexibility index (Phi) is 6.86. The highest BCUT2D eigenvalue weighted by molar-refractivity contribution is 5.64. The highest BCUT2D eigenvalue weighted by Crippen LogP contribution is 2.26. The van der Waals surface area contributed by atoms with Gasteiger partial charge in [0.1, 0.15) is 5.75 Å². The second-order valence-corrected chi connectivity index (χ2v) is 7.48. The zero-order valence-corrected chi connectivity index (χ0v) is 15.9. The van der Waals surface area contributed by atoms with E-state index in [1.54, 1.807) is 0 Å². The number of benzene rings is 2. The molecule has 27 heavy (non-hydrogen) atoms. The van der Waals surface area contributed by atoms with Crippen LogP contribution in [0.25, 0.3) is 11.1 Å². The first-order valence-electron chi connectivity index (χ1n) is 9.57. The van der Waals surface area contributed by atoms with Crippen LogP contribution >= 0.6 is 0 Å². The van der Waals surface area contributed by atoms with Crippen LogP contribution in [0.4, 0.5) is 0 Å². The minimum absolute atomic E-state index is 0.243. The Balaban J connectivity index is 1.30. The van der Waals surface area contributed by atoms with Gasteiger partial charge in [-0.3, -0.25) is 0 Å². The molecule has 0 N–H and O–H groups in total. The minimum atomic E-state index is 0.243. The summed E-state index contributed by atoms with van der Waals surface area (Å²) in [4.78, 5) is 0. The Bertz CT molecular complexity index is 743. The Labute approximate surface area is 161 Å².